The average Bonchev–Trinajstić information content (AvgIpc) is 2.45. The smallest absolute Gasteiger partial charge is 0.226 e. The summed E-state index contributed by atoms with van der Waals surface area (Å²) in [7, 11) is 0. The van der Waals surface area contributed by atoms with Gasteiger partial charge in [0.25, 0.3) is 0 Å². The van der Waals surface area contributed by atoms with Gasteiger partial charge in [-0.1, -0.05) is 36.4 Å². The lowest BCUT2D eigenvalue weighted by molar-refractivity contribution is -0.166. The highest BCUT2D eigenvalue weighted by molar-refractivity contribution is 5.95. The molecule has 1 heterocycles. The number of hydroxylamine groups is 2. The van der Waals surface area contributed by atoms with Crippen LogP contribution in [0.5, 0.6) is 0 Å². The van der Waals surface area contributed by atoms with Crippen LogP contribution in [0.3, 0.4) is 0 Å². The third-order valence-electron chi connectivity index (χ3n) is 3.50. The summed E-state index contributed by atoms with van der Waals surface area (Å²) in [4.78, 5) is 14.0. The van der Waals surface area contributed by atoms with E-state index in [1.54, 1.807) is 0 Å². The molecule has 0 saturated carbocycles. The van der Waals surface area contributed by atoms with E-state index in [1.807, 2.05) is 32.0 Å². The molecule has 23 heavy (non-hydrogen) atoms. The molecule has 0 fully saturated rings. The van der Waals surface area contributed by atoms with E-state index in [1.165, 1.54) is 15.8 Å². The Balaban J connectivity index is 0.00000192. The number of fused-ring (bicyclic) bond motifs is 1. The third-order valence-corrected chi connectivity index (χ3v) is 3.50. The van der Waals surface area contributed by atoms with E-state index in [0.717, 1.165) is 5.56 Å². The Morgan fingerprint density at radius 3 is 2.48 bits per heavy atom. The second kappa shape index (κ2) is 6.44. The second-order valence-corrected chi connectivity index (χ2v) is 5.68. The molecular weight excluding hydrogens is 314 g/mol. The SMILES string of the molecule is CC1(C)N=C(N)N=C(N)N1OCc1ccc2ccccc2c1.Cl. The number of hydrogen-bond donors (Lipinski definition) is 2. The summed E-state index contributed by atoms with van der Waals surface area (Å²) in [5.74, 6) is 0.367. The number of halogens is 1. The van der Waals surface area contributed by atoms with Crippen LogP contribution in [0.15, 0.2) is 52.4 Å². The first-order valence-electron chi connectivity index (χ1n) is 7.06. The molecule has 0 amide bonds. The van der Waals surface area contributed by atoms with Gasteiger partial charge in [0.1, 0.15) is 6.61 Å². The number of nitrogens with zero attached hydrogens (tertiary/aromatic N) is 3. The Kier molecular flexibility index (Phi) is 4.77. The summed E-state index contributed by atoms with van der Waals surface area (Å²) in [6.45, 7) is 4.10. The number of benzene rings is 2. The molecule has 1 aliphatic rings. The Morgan fingerprint density at radius 1 is 1.09 bits per heavy atom. The molecule has 0 unspecified atom stereocenters. The summed E-state index contributed by atoms with van der Waals surface area (Å²) in [6, 6.07) is 14.4. The highest BCUT2D eigenvalue weighted by Gasteiger charge is 2.33. The van der Waals surface area contributed by atoms with E-state index >= 15 is 0 Å². The van der Waals surface area contributed by atoms with Gasteiger partial charge in [-0.05, 0) is 36.2 Å². The van der Waals surface area contributed by atoms with Crippen molar-refractivity contribution in [3.63, 3.8) is 0 Å². The lowest BCUT2D eigenvalue weighted by atomic mass is 10.1. The van der Waals surface area contributed by atoms with Crippen LogP contribution in [0.25, 0.3) is 10.8 Å². The van der Waals surface area contributed by atoms with Gasteiger partial charge in [-0.15, -0.1) is 12.4 Å². The molecule has 3 rings (SSSR count). The van der Waals surface area contributed by atoms with Gasteiger partial charge in [0.15, 0.2) is 5.66 Å². The number of hydrogen-bond acceptors (Lipinski definition) is 6. The van der Waals surface area contributed by atoms with Crippen LogP contribution in [0.2, 0.25) is 0 Å². The summed E-state index contributed by atoms with van der Waals surface area (Å²) < 4.78 is 0. The summed E-state index contributed by atoms with van der Waals surface area (Å²) in [5, 5.41) is 3.85. The van der Waals surface area contributed by atoms with Gasteiger partial charge in [0.05, 0.1) is 0 Å². The van der Waals surface area contributed by atoms with Gasteiger partial charge < -0.3 is 11.5 Å². The number of rotatable bonds is 3. The topological polar surface area (TPSA) is 89.2 Å². The Bertz CT molecular complexity index is 772. The van der Waals surface area contributed by atoms with Crippen LogP contribution in [-0.4, -0.2) is 22.6 Å². The maximum Gasteiger partial charge on any atom is 0.226 e. The van der Waals surface area contributed by atoms with Gasteiger partial charge in [-0.2, -0.15) is 10.1 Å². The number of nitrogens with two attached hydrogens (primary N) is 2. The van der Waals surface area contributed by atoms with Gasteiger partial charge in [-0.3, -0.25) is 4.84 Å². The molecule has 4 N–H and O–H groups in total. The summed E-state index contributed by atoms with van der Waals surface area (Å²) >= 11 is 0. The highest BCUT2D eigenvalue weighted by atomic mass is 35.5. The minimum Gasteiger partial charge on any atom is -0.368 e. The molecule has 1 aliphatic heterocycles. The van der Waals surface area contributed by atoms with Crippen molar-refractivity contribution in [2.24, 2.45) is 21.5 Å². The van der Waals surface area contributed by atoms with E-state index in [9.17, 15) is 0 Å². The van der Waals surface area contributed by atoms with E-state index in [0.29, 0.717) is 6.61 Å². The van der Waals surface area contributed by atoms with Crippen molar-refractivity contribution >= 4 is 35.1 Å². The molecule has 7 heteroatoms. The molecule has 0 atom stereocenters. The van der Waals surface area contributed by atoms with E-state index < -0.39 is 5.66 Å². The van der Waals surface area contributed by atoms with Crippen LogP contribution in [0.4, 0.5) is 0 Å². The van der Waals surface area contributed by atoms with Gasteiger partial charge in [0.2, 0.25) is 11.9 Å². The minimum atomic E-state index is -0.688. The molecule has 0 spiro atoms. The maximum absolute atomic E-state index is 5.89. The molecule has 6 nitrogen and oxygen atoms in total. The van der Waals surface area contributed by atoms with Crippen LogP contribution in [0, 0.1) is 0 Å². The van der Waals surface area contributed by atoms with Gasteiger partial charge in [-0.25, -0.2) is 4.99 Å². The normalized spacial score (nSPS) is 16.5. The second-order valence-electron chi connectivity index (χ2n) is 5.68. The molecular formula is C16H20ClN5O. The fourth-order valence-electron chi connectivity index (χ4n) is 2.49. The Morgan fingerprint density at radius 2 is 1.78 bits per heavy atom. The van der Waals surface area contributed by atoms with Crippen molar-refractivity contribution in [3.8, 4) is 0 Å². The molecule has 0 bridgehead atoms. The average molecular weight is 334 g/mol. The summed E-state index contributed by atoms with van der Waals surface area (Å²) in [6.07, 6.45) is 0. The van der Waals surface area contributed by atoms with E-state index in [-0.39, 0.29) is 24.3 Å². The van der Waals surface area contributed by atoms with Crippen molar-refractivity contribution in [1.29, 1.82) is 0 Å². The van der Waals surface area contributed by atoms with Crippen LogP contribution in [-0.2, 0) is 11.4 Å². The van der Waals surface area contributed by atoms with Crippen molar-refractivity contribution in [2.45, 2.75) is 26.1 Å². The maximum atomic E-state index is 5.89. The minimum absolute atomic E-state index is 0. The van der Waals surface area contributed by atoms with Gasteiger partial charge >= 0.3 is 0 Å². The van der Waals surface area contributed by atoms with Crippen molar-refractivity contribution in [1.82, 2.24) is 5.06 Å². The number of aliphatic imine (C=N–C) groups is 2. The predicted octanol–water partition coefficient (Wildman–Crippen LogP) is 2.37. The zero-order valence-electron chi connectivity index (χ0n) is 13.1. The summed E-state index contributed by atoms with van der Waals surface area (Å²) in [5.41, 5.74) is 11.9. The van der Waals surface area contributed by atoms with Crippen molar-refractivity contribution in [3.05, 3.63) is 48.0 Å². The van der Waals surface area contributed by atoms with E-state index in [2.05, 4.69) is 34.3 Å². The molecule has 2 aromatic rings. The fraction of sp³-hybridized carbons (Fsp3) is 0.250. The molecule has 122 valence electrons. The largest absolute Gasteiger partial charge is 0.368 e. The number of guanidine groups is 2. The zero-order chi connectivity index (χ0) is 15.7. The van der Waals surface area contributed by atoms with Crippen molar-refractivity contribution < 1.29 is 4.84 Å². The molecule has 0 aliphatic carbocycles. The monoisotopic (exact) mass is 333 g/mol. The quantitative estimate of drug-likeness (QED) is 0.902. The molecule has 2 aromatic carbocycles. The molecule has 0 saturated heterocycles. The van der Waals surface area contributed by atoms with Crippen LogP contribution in [0.1, 0.15) is 19.4 Å². The molecule has 0 aromatic heterocycles. The van der Waals surface area contributed by atoms with Gasteiger partial charge in [0, 0.05) is 0 Å². The molecule has 0 radical (unpaired) electrons. The van der Waals surface area contributed by atoms with E-state index in [4.69, 9.17) is 16.3 Å². The first-order chi connectivity index (χ1) is 10.5. The highest BCUT2D eigenvalue weighted by Crippen LogP contribution is 2.22. The van der Waals surface area contributed by atoms with Crippen molar-refractivity contribution in [2.75, 3.05) is 0 Å². The van der Waals surface area contributed by atoms with Crippen LogP contribution >= 0.6 is 12.4 Å². The Labute approximate surface area is 141 Å². The van der Waals surface area contributed by atoms with Crippen LogP contribution < -0.4 is 11.5 Å². The lowest BCUT2D eigenvalue weighted by Gasteiger charge is -2.36. The first kappa shape index (κ1) is 17.1. The third kappa shape index (κ3) is 3.55. The lowest BCUT2D eigenvalue weighted by Crippen LogP contribution is -2.53. The first-order valence-corrected chi connectivity index (χ1v) is 7.06. The standard InChI is InChI=1S/C16H19N5O.ClH/c1-16(2)20-14(17)19-15(18)21(16)22-10-11-7-8-12-5-3-4-6-13(12)9-11;/h3-9H,10H2,1-2H3,(H4,17,18,19,20);1H. The predicted molar refractivity (Wildman–Crippen MR) is 95.1 cm³/mol. The fourth-order valence-corrected chi connectivity index (χ4v) is 2.49. The zero-order valence-corrected chi connectivity index (χ0v) is 13.9. The Hall–Kier alpha value is -2.31.